The van der Waals surface area contributed by atoms with Gasteiger partial charge in [-0.2, -0.15) is 0 Å². The molecule has 13 aromatic carbocycles. The zero-order valence-electron chi connectivity index (χ0n) is 45.5. The largest absolute Gasteiger partial charge is 0.0616 e. The zero-order valence-corrected chi connectivity index (χ0v) is 45.5. The Kier molecular flexibility index (Phi) is 10.0. The van der Waals surface area contributed by atoms with Gasteiger partial charge in [-0.3, -0.25) is 0 Å². The van der Waals surface area contributed by atoms with E-state index >= 15 is 0 Å². The standard InChI is InChI=1S/C78H60/c1-76(2,3)63-41-61-27-25-54-28-34-64(69-39-33-62(42-63)74(61)75(54)69)53-23-20-52(21-24-53)58-30-36-66-68-38-32-60(46-73(68)78(6,7)71(66)44-58)59-31-37-67-65-35-29-57(43-70(65)77(4,5)72(67)45-59)51-18-14-49(15-19-51)48-12-16-50(17-13-48)56-26-22-47-10-8-9-11-55(47)40-56/h8-46H,1-7H3. The van der Waals surface area contributed by atoms with Gasteiger partial charge in [-0.1, -0.05) is 255 Å². The van der Waals surface area contributed by atoms with Gasteiger partial charge in [0.2, 0.25) is 0 Å². The van der Waals surface area contributed by atoms with E-state index in [4.69, 9.17) is 0 Å². The highest BCUT2D eigenvalue weighted by Gasteiger charge is 2.38. The Labute approximate surface area is 458 Å². The molecule has 2 aliphatic rings. The van der Waals surface area contributed by atoms with Crippen molar-refractivity contribution in [1.82, 2.24) is 0 Å². The molecule has 0 aromatic heterocycles. The molecule has 0 nitrogen and oxygen atoms in total. The van der Waals surface area contributed by atoms with Crippen molar-refractivity contribution >= 4 is 43.1 Å². The first kappa shape index (κ1) is 46.5. The minimum absolute atomic E-state index is 0.0931. The molecule has 15 rings (SSSR count). The van der Waals surface area contributed by atoms with Crippen molar-refractivity contribution in [3.05, 3.63) is 264 Å². The summed E-state index contributed by atoms with van der Waals surface area (Å²) in [4.78, 5) is 0. The van der Waals surface area contributed by atoms with E-state index in [1.54, 1.807) is 0 Å². The average Bonchev–Trinajstić information content (AvgIpc) is 3.93. The maximum atomic E-state index is 2.47. The highest BCUT2D eigenvalue weighted by Crippen LogP contribution is 2.54. The van der Waals surface area contributed by atoms with E-state index in [1.165, 1.54) is 160 Å². The Morgan fingerprint density at radius 2 is 0.564 bits per heavy atom. The molecule has 372 valence electrons. The Balaban J connectivity index is 0.674. The minimum Gasteiger partial charge on any atom is -0.0616 e. The second-order valence-electron chi connectivity index (χ2n) is 24.5. The number of hydrogen-bond acceptors (Lipinski definition) is 0. The summed E-state index contributed by atoms with van der Waals surface area (Å²) in [5, 5.41) is 10.5. The third-order valence-corrected chi connectivity index (χ3v) is 18.2. The third kappa shape index (κ3) is 7.19. The van der Waals surface area contributed by atoms with Gasteiger partial charge in [0, 0.05) is 10.8 Å². The van der Waals surface area contributed by atoms with Gasteiger partial charge in [0.05, 0.1) is 0 Å². The van der Waals surface area contributed by atoms with E-state index in [0.717, 1.165) is 0 Å². The van der Waals surface area contributed by atoms with Crippen LogP contribution in [0.15, 0.2) is 237 Å². The van der Waals surface area contributed by atoms with E-state index in [9.17, 15) is 0 Å². The van der Waals surface area contributed by atoms with Crippen LogP contribution in [0, 0.1) is 0 Å². The molecule has 0 aliphatic heterocycles. The van der Waals surface area contributed by atoms with Gasteiger partial charge in [0.25, 0.3) is 0 Å². The Morgan fingerprint density at radius 1 is 0.244 bits per heavy atom. The normalized spacial score (nSPS) is 14.0. The SMILES string of the molecule is CC(C)(C)c1cc2ccc3ccc(-c4ccc(-c5ccc6c(c5)C(C)(C)c5cc(-c7ccc8c(c7)C(C)(C)c7cc(-c9ccc(-c%10ccc(-c%11ccc%12ccccc%12c%11)cc%10)cc9)ccc7-8)ccc5-6)cc4)c4ccc(c1)c2c34. The third-order valence-electron chi connectivity index (χ3n) is 18.2. The lowest BCUT2D eigenvalue weighted by molar-refractivity contribution is 0.591. The van der Waals surface area contributed by atoms with Crippen molar-refractivity contribution in [2.45, 2.75) is 64.7 Å². The topological polar surface area (TPSA) is 0 Å². The molecule has 0 saturated heterocycles. The molecule has 2 aliphatic carbocycles. The van der Waals surface area contributed by atoms with Crippen LogP contribution in [0.5, 0.6) is 0 Å². The summed E-state index contributed by atoms with van der Waals surface area (Å²) in [6.07, 6.45) is 0. The number of hydrogen-bond donors (Lipinski definition) is 0. The van der Waals surface area contributed by atoms with E-state index in [2.05, 4.69) is 285 Å². The fraction of sp³-hybridized carbons (Fsp3) is 0.128. The average molecular weight is 997 g/mol. The Hall–Kier alpha value is -8.84. The second-order valence-corrected chi connectivity index (χ2v) is 24.5. The molecule has 0 N–H and O–H groups in total. The molecule has 0 saturated carbocycles. The summed E-state index contributed by atoms with van der Waals surface area (Å²) in [6.45, 7) is 16.5. The van der Waals surface area contributed by atoms with Crippen LogP contribution in [-0.4, -0.2) is 0 Å². The van der Waals surface area contributed by atoms with E-state index in [1.807, 2.05) is 0 Å². The van der Waals surface area contributed by atoms with Crippen LogP contribution in [-0.2, 0) is 16.2 Å². The molecule has 0 bridgehead atoms. The van der Waals surface area contributed by atoms with Crippen molar-refractivity contribution in [1.29, 1.82) is 0 Å². The summed E-state index contributed by atoms with van der Waals surface area (Å²) < 4.78 is 0. The van der Waals surface area contributed by atoms with Crippen molar-refractivity contribution in [3.8, 4) is 89.0 Å². The summed E-state index contributed by atoms with van der Waals surface area (Å²) in [6, 6.07) is 90.0. The fourth-order valence-corrected chi connectivity index (χ4v) is 13.6. The van der Waals surface area contributed by atoms with Gasteiger partial charge >= 0.3 is 0 Å². The van der Waals surface area contributed by atoms with Crippen molar-refractivity contribution in [2.24, 2.45) is 0 Å². The lowest BCUT2D eigenvalue weighted by atomic mass is 9.79. The fourth-order valence-electron chi connectivity index (χ4n) is 13.6. The number of benzene rings is 13. The first-order valence-corrected chi connectivity index (χ1v) is 27.9. The molecule has 0 heterocycles. The van der Waals surface area contributed by atoms with Gasteiger partial charge in [-0.05, 0) is 196 Å². The van der Waals surface area contributed by atoms with Crippen molar-refractivity contribution in [3.63, 3.8) is 0 Å². The number of fused-ring (bicyclic) bond motifs is 7. The molecular weight excluding hydrogens is 937 g/mol. The quantitative estimate of drug-likeness (QED) is 0.146. The van der Waals surface area contributed by atoms with Gasteiger partial charge in [-0.15, -0.1) is 0 Å². The molecule has 0 heteroatoms. The van der Waals surface area contributed by atoms with Crippen molar-refractivity contribution < 1.29 is 0 Å². The van der Waals surface area contributed by atoms with Gasteiger partial charge in [0.1, 0.15) is 0 Å². The summed E-state index contributed by atoms with van der Waals surface area (Å²) >= 11 is 0. The van der Waals surface area contributed by atoms with Crippen LogP contribution < -0.4 is 0 Å². The van der Waals surface area contributed by atoms with Crippen LogP contribution in [0.3, 0.4) is 0 Å². The Bertz CT molecular complexity index is 4570. The maximum absolute atomic E-state index is 2.47. The molecule has 0 radical (unpaired) electrons. The first-order valence-electron chi connectivity index (χ1n) is 27.9. The second kappa shape index (κ2) is 16.8. The smallest absolute Gasteiger partial charge is 0.0159 e. The molecule has 0 unspecified atom stereocenters. The molecule has 13 aromatic rings. The van der Waals surface area contributed by atoms with Crippen molar-refractivity contribution in [2.75, 3.05) is 0 Å². The van der Waals surface area contributed by atoms with Crippen LogP contribution in [0.2, 0.25) is 0 Å². The van der Waals surface area contributed by atoms with Crippen LogP contribution in [0.4, 0.5) is 0 Å². The monoisotopic (exact) mass is 996 g/mol. The predicted molar refractivity (Wildman–Crippen MR) is 334 cm³/mol. The van der Waals surface area contributed by atoms with Crippen LogP contribution >= 0.6 is 0 Å². The maximum Gasteiger partial charge on any atom is 0.0159 e. The summed E-state index contributed by atoms with van der Waals surface area (Å²) in [5.41, 5.74) is 27.1. The summed E-state index contributed by atoms with van der Waals surface area (Å²) in [5.74, 6) is 0. The number of rotatable bonds is 6. The summed E-state index contributed by atoms with van der Waals surface area (Å²) in [7, 11) is 0. The lowest BCUT2D eigenvalue weighted by Gasteiger charge is -2.24. The predicted octanol–water partition coefficient (Wildman–Crippen LogP) is 21.6. The first-order chi connectivity index (χ1) is 37.7. The molecule has 78 heavy (non-hydrogen) atoms. The van der Waals surface area contributed by atoms with E-state index in [0.29, 0.717) is 0 Å². The molecule has 0 fully saturated rings. The minimum atomic E-state index is -0.157. The van der Waals surface area contributed by atoms with Gasteiger partial charge in [-0.25, -0.2) is 0 Å². The van der Waals surface area contributed by atoms with Crippen LogP contribution in [0.1, 0.15) is 76.3 Å². The molecular formula is C78H60. The zero-order chi connectivity index (χ0) is 52.8. The van der Waals surface area contributed by atoms with E-state index < -0.39 is 0 Å². The highest BCUT2D eigenvalue weighted by atomic mass is 14.4. The molecule has 0 atom stereocenters. The van der Waals surface area contributed by atoms with Gasteiger partial charge in [0.15, 0.2) is 0 Å². The Morgan fingerprint density at radius 3 is 1.03 bits per heavy atom. The highest BCUT2D eigenvalue weighted by molar-refractivity contribution is 6.25. The van der Waals surface area contributed by atoms with Crippen LogP contribution in [0.25, 0.3) is 132 Å². The van der Waals surface area contributed by atoms with E-state index in [-0.39, 0.29) is 16.2 Å². The molecule has 0 amide bonds. The lowest BCUT2D eigenvalue weighted by Crippen LogP contribution is -2.15. The molecule has 0 spiro atoms. The van der Waals surface area contributed by atoms with Gasteiger partial charge < -0.3 is 0 Å².